The van der Waals surface area contributed by atoms with Crippen molar-refractivity contribution in [3.05, 3.63) is 28.2 Å². The zero-order chi connectivity index (χ0) is 11.3. The fourth-order valence-corrected chi connectivity index (χ4v) is 1.43. The Kier molecular flexibility index (Phi) is 4.50. The summed E-state index contributed by atoms with van der Waals surface area (Å²) in [4.78, 5) is 0. The molecular weight excluding hydrogens is 268 g/mol. The molecule has 80 valence electrons. The Morgan fingerprint density at radius 2 is 2.20 bits per heavy atom. The Morgan fingerprint density at radius 3 is 2.80 bits per heavy atom. The third kappa shape index (κ3) is 3.84. The molecule has 0 fully saturated rings. The molecule has 0 amide bonds. The van der Waals surface area contributed by atoms with Crippen molar-refractivity contribution in [3.63, 3.8) is 0 Å². The number of hydrogen-bond acceptors (Lipinski definition) is 2. The van der Waals surface area contributed by atoms with Gasteiger partial charge in [0.2, 0.25) is 0 Å². The summed E-state index contributed by atoms with van der Waals surface area (Å²) in [6.45, 7) is -2.84. The summed E-state index contributed by atoms with van der Waals surface area (Å²) >= 11 is 3.10. The number of nitrogens with zero attached hydrogens (tertiary/aromatic N) is 1. The van der Waals surface area contributed by atoms with Crippen LogP contribution in [0.1, 0.15) is 12.0 Å². The molecule has 2 nitrogen and oxygen atoms in total. The summed E-state index contributed by atoms with van der Waals surface area (Å²) in [6.07, 6.45) is 0.888. The number of benzene rings is 1. The quantitative estimate of drug-likeness (QED) is 0.843. The fraction of sp³-hybridized carbons (Fsp3) is 0.300. The molecule has 0 aliphatic carbocycles. The molecular formula is C10H8BrF2NO. The average Bonchev–Trinajstić information content (AvgIpc) is 2.18. The number of halogens is 3. The van der Waals surface area contributed by atoms with Gasteiger partial charge in [0.1, 0.15) is 5.75 Å². The summed E-state index contributed by atoms with van der Waals surface area (Å²) < 4.78 is 28.8. The SMILES string of the molecule is N#CCCc1ccc(Br)c(OC(F)F)c1. The summed E-state index contributed by atoms with van der Waals surface area (Å²) in [5.41, 5.74) is 0.801. The van der Waals surface area contributed by atoms with E-state index in [-0.39, 0.29) is 5.75 Å². The average molecular weight is 276 g/mol. The first-order chi connectivity index (χ1) is 7.13. The van der Waals surface area contributed by atoms with E-state index < -0.39 is 6.61 Å². The number of ether oxygens (including phenoxy) is 1. The van der Waals surface area contributed by atoms with E-state index in [9.17, 15) is 8.78 Å². The molecule has 1 aromatic carbocycles. The zero-order valence-corrected chi connectivity index (χ0v) is 9.30. The van der Waals surface area contributed by atoms with E-state index in [4.69, 9.17) is 5.26 Å². The van der Waals surface area contributed by atoms with Gasteiger partial charge in [0.05, 0.1) is 10.5 Å². The molecule has 1 aromatic rings. The Labute approximate surface area is 94.6 Å². The van der Waals surface area contributed by atoms with Gasteiger partial charge in [0.15, 0.2) is 0 Å². The number of nitriles is 1. The summed E-state index contributed by atoms with van der Waals surface area (Å²) in [7, 11) is 0. The lowest BCUT2D eigenvalue weighted by Crippen LogP contribution is -2.02. The minimum Gasteiger partial charge on any atom is -0.434 e. The maximum absolute atomic E-state index is 12.0. The minimum absolute atomic E-state index is 0.0976. The van der Waals surface area contributed by atoms with Crippen molar-refractivity contribution in [1.82, 2.24) is 0 Å². The number of rotatable bonds is 4. The van der Waals surface area contributed by atoms with E-state index in [2.05, 4.69) is 20.7 Å². The van der Waals surface area contributed by atoms with Gasteiger partial charge in [-0.2, -0.15) is 14.0 Å². The smallest absolute Gasteiger partial charge is 0.387 e. The Morgan fingerprint density at radius 1 is 1.47 bits per heavy atom. The Hall–Kier alpha value is -1.15. The first-order valence-corrected chi connectivity index (χ1v) is 5.03. The molecule has 0 spiro atoms. The molecule has 1 rings (SSSR count). The van der Waals surface area contributed by atoms with Gasteiger partial charge in [-0.25, -0.2) is 0 Å². The maximum atomic E-state index is 12.0. The van der Waals surface area contributed by atoms with Crippen molar-refractivity contribution < 1.29 is 13.5 Å². The number of aryl methyl sites for hydroxylation is 1. The number of alkyl halides is 2. The van der Waals surface area contributed by atoms with Crippen LogP contribution in [0.15, 0.2) is 22.7 Å². The second kappa shape index (κ2) is 5.66. The molecule has 0 aromatic heterocycles. The van der Waals surface area contributed by atoms with E-state index in [1.165, 1.54) is 6.07 Å². The van der Waals surface area contributed by atoms with Crippen LogP contribution in [0.3, 0.4) is 0 Å². The summed E-state index contributed by atoms with van der Waals surface area (Å²) in [5.74, 6) is 0.0976. The van der Waals surface area contributed by atoms with Gasteiger partial charge < -0.3 is 4.74 Å². The van der Waals surface area contributed by atoms with Crippen LogP contribution in [0.2, 0.25) is 0 Å². The van der Waals surface area contributed by atoms with Crippen LogP contribution in [0.5, 0.6) is 5.75 Å². The number of hydrogen-bond donors (Lipinski definition) is 0. The molecule has 0 radical (unpaired) electrons. The molecule has 0 N–H and O–H groups in total. The predicted molar refractivity (Wildman–Crippen MR) is 54.7 cm³/mol. The highest BCUT2D eigenvalue weighted by Gasteiger charge is 2.08. The van der Waals surface area contributed by atoms with Crippen molar-refractivity contribution in [1.29, 1.82) is 5.26 Å². The second-order valence-corrected chi connectivity index (χ2v) is 3.66. The predicted octanol–water partition coefficient (Wildman–Crippen LogP) is 3.51. The standard InChI is InChI=1S/C10H8BrF2NO/c11-8-4-3-7(2-1-5-14)6-9(8)15-10(12)13/h3-4,6,10H,1-2H2. The van der Waals surface area contributed by atoms with E-state index in [0.717, 1.165) is 5.56 Å². The van der Waals surface area contributed by atoms with Crippen LogP contribution >= 0.6 is 15.9 Å². The summed E-state index contributed by atoms with van der Waals surface area (Å²) in [6, 6.07) is 6.89. The molecule has 0 bridgehead atoms. The first kappa shape index (κ1) is 11.9. The molecule has 0 aliphatic rings. The van der Waals surface area contributed by atoms with Crippen LogP contribution in [0.25, 0.3) is 0 Å². The lowest BCUT2D eigenvalue weighted by atomic mass is 10.1. The maximum Gasteiger partial charge on any atom is 0.387 e. The van der Waals surface area contributed by atoms with Gasteiger partial charge in [-0.15, -0.1) is 0 Å². The van der Waals surface area contributed by atoms with E-state index in [1.807, 2.05) is 6.07 Å². The Balaban J connectivity index is 2.81. The van der Waals surface area contributed by atoms with E-state index >= 15 is 0 Å². The largest absolute Gasteiger partial charge is 0.434 e. The third-order valence-electron chi connectivity index (χ3n) is 1.74. The van der Waals surface area contributed by atoms with Crippen LogP contribution in [-0.2, 0) is 6.42 Å². The van der Waals surface area contributed by atoms with Gasteiger partial charge in [-0.1, -0.05) is 6.07 Å². The van der Waals surface area contributed by atoms with Crippen LogP contribution < -0.4 is 4.74 Å². The van der Waals surface area contributed by atoms with Gasteiger partial charge >= 0.3 is 6.61 Å². The van der Waals surface area contributed by atoms with Gasteiger partial charge in [-0.05, 0) is 40.0 Å². The minimum atomic E-state index is -2.84. The first-order valence-electron chi connectivity index (χ1n) is 4.23. The summed E-state index contributed by atoms with van der Waals surface area (Å²) in [5, 5.41) is 8.39. The van der Waals surface area contributed by atoms with Crippen molar-refractivity contribution >= 4 is 15.9 Å². The third-order valence-corrected chi connectivity index (χ3v) is 2.39. The highest BCUT2D eigenvalue weighted by atomic mass is 79.9. The van der Waals surface area contributed by atoms with Crippen molar-refractivity contribution in [2.75, 3.05) is 0 Å². The van der Waals surface area contributed by atoms with Gasteiger partial charge in [0, 0.05) is 6.42 Å². The highest BCUT2D eigenvalue weighted by Crippen LogP contribution is 2.27. The monoisotopic (exact) mass is 275 g/mol. The molecule has 0 saturated carbocycles. The lowest BCUT2D eigenvalue weighted by Gasteiger charge is -2.08. The van der Waals surface area contributed by atoms with Gasteiger partial charge in [0.25, 0.3) is 0 Å². The normalized spacial score (nSPS) is 10.1. The Bertz CT molecular complexity index is 376. The molecule has 0 unspecified atom stereocenters. The highest BCUT2D eigenvalue weighted by molar-refractivity contribution is 9.10. The van der Waals surface area contributed by atoms with E-state index in [1.54, 1.807) is 12.1 Å². The van der Waals surface area contributed by atoms with Gasteiger partial charge in [-0.3, -0.25) is 0 Å². The molecule has 0 saturated heterocycles. The van der Waals surface area contributed by atoms with Crippen molar-refractivity contribution in [3.8, 4) is 11.8 Å². The van der Waals surface area contributed by atoms with Crippen molar-refractivity contribution in [2.45, 2.75) is 19.5 Å². The van der Waals surface area contributed by atoms with E-state index in [0.29, 0.717) is 17.3 Å². The molecule has 15 heavy (non-hydrogen) atoms. The van der Waals surface area contributed by atoms with Crippen LogP contribution in [-0.4, -0.2) is 6.61 Å². The molecule has 0 heterocycles. The second-order valence-electron chi connectivity index (χ2n) is 2.80. The van der Waals surface area contributed by atoms with Crippen LogP contribution in [0.4, 0.5) is 8.78 Å². The molecule has 0 aliphatic heterocycles. The van der Waals surface area contributed by atoms with Crippen molar-refractivity contribution in [2.24, 2.45) is 0 Å². The molecule has 5 heteroatoms. The molecule has 0 atom stereocenters. The topological polar surface area (TPSA) is 33.0 Å². The zero-order valence-electron chi connectivity index (χ0n) is 7.71. The lowest BCUT2D eigenvalue weighted by molar-refractivity contribution is -0.0503. The fourth-order valence-electron chi connectivity index (χ4n) is 1.09. The van der Waals surface area contributed by atoms with Crippen LogP contribution in [0, 0.1) is 11.3 Å².